The molecule has 1 fully saturated rings. The van der Waals surface area contributed by atoms with Gasteiger partial charge in [0.15, 0.2) is 0 Å². The molecule has 0 aliphatic carbocycles. The van der Waals surface area contributed by atoms with Gasteiger partial charge in [-0.2, -0.15) is 5.10 Å². The molecule has 7 heteroatoms. The molecule has 3 heterocycles. The second-order valence-electron chi connectivity index (χ2n) is 6.85. The fourth-order valence-electron chi connectivity index (χ4n) is 3.26. The molecule has 1 amide bonds. The number of carbonyl (C=O) groups is 1. The van der Waals surface area contributed by atoms with E-state index >= 15 is 0 Å². The molecule has 144 valence electrons. The molecule has 1 aromatic carbocycles. The summed E-state index contributed by atoms with van der Waals surface area (Å²) in [6.45, 7) is 6.66. The van der Waals surface area contributed by atoms with E-state index in [-0.39, 0.29) is 5.91 Å². The van der Waals surface area contributed by atoms with Crippen LogP contribution >= 0.6 is 0 Å². The number of hydrogen-bond acceptors (Lipinski definition) is 5. The van der Waals surface area contributed by atoms with E-state index in [4.69, 9.17) is 4.74 Å². The number of nitrogens with zero attached hydrogens (tertiary/aromatic N) is 4. The van der Waals surface area contributed by atoms with Gasteiger partial charge in [0.2, 0.25) is 0 Å². The third-order valence-corrected chi connectivity index (χ3v) is 4.69. The smallest absolute Gasteiger partial charge is 0.260 e. The Morgan fingerprint density at radius 1 is 1.11 bits per heavy atom. The lowest BCUT2D eigenvalue weighted by atomic mass is 10.2. The van der Waals surface area contributed by atoms with Gasteiger partial charge in [0.25, 0.3) is 5.91 Å². The topological polar surface area (TPSA) is 72.3 Å². The van der Waals surface area contributed by atoms with Crippen LogP contribution in [-0.4, -0.2) is 47.0 Å². The Labute approximate surface area is 164 Å². The van der Waals surface area contributed by atoms with Crippen LogP contribution in [0.4, 0.5) is 11.6 Å². The first-order valence-electron chi connectivity index (χ1n) is 9.34. The second kappa shape index (κ2) is 7.82. The first kappa shape index (κ1) is 18.2. The standard InChI is InChI=1S/C21H23N5O2/c1-15-5-7-17(8-6-15)26-19(14-16(2)24-26)23-21(27)18-4-3-9-22-20(18)25-10-12-28-13-11-25/h3-9,14H,10-13H2,1-2H3,(H,23,27). The number of nitrogens with one attached hydrogen (secondary N) is 1. The summed E-state index contributed by atoms with van der Waals surface area (Å²) in [4.78, 5) is 19.6. The lowest BCUT2D eigenvalue weighted by Crippen LogP contribution is -2.38. The van der Waals surface area contributed by atoms with E-state index in [1.165, 1.54) is 5.56 Å². The van der Waals surface area contributed by atoms with Crippen molar-refractivity contribution in [2.45, 2.75) is 13.8 Å². The third kappa shape index (κ3) is 3.75. The summed E-state index contributed by atoms with van der Waals surface area (Å²) < 4.78 is 7.16. The molecule has 3 aromatic rings. The molecule has 0 spiro atoms. The van der Waals surface area contributed by atoms with Crippen LogP contribution < -0.4 is 10.2 Å². The number of pyridine rings is 1. The molecule has 1 aliphatic heterocycles. The maximum absolute atomic E-state index is 13.1. The number of aromatic nitrogens is 3. The Kier molecular flexibility index (Phi) is 5.08. The summed E-state index contributed by atoms with van der Waals surface area (Å²) in [6.07, 6.45) is 1.71. The minimum atomic E-state index is -0.206. The van der Waals surface area contributed by atoms with E-state index in [1.54, 1.807) is 23.0 Å². The van der Waals surface area contributed by atoms with Gasteiger partial charge in [0, 0.05) is 25.4 Å². The number of carbonyl (C=O) groups excluding carboxylic acids is 1. The van der Waals surface area contributed by atoms with Gasteiger partial charge in [0.05, 0.1) is 30.2 Å². The summed E-state index contributed by atoms with van der Waals surface area (Å²) in [5, 5.41) is 7.53. The van der Waals surface area contributed by atoms with Crippen molar-refractivity contribution in [2.75, 3.05) is 36.5 Å². The van der Waals surface area contributed by atoms with Gasteiger partial charge in [-0.05, 0) is 38.1 Å². The van der Waals surface area contributed by atoms with E-state index < -0.39 is 0 Å². The molecule has 0 radical (unpaired) electrons. The molecule has 2 aromatic heterocycles. The number of anilines is 2. The van der Waals surface area contributed by atoms with Crippen molar-refractivity contribution < 1.29 is 9.53 Å². The molecular formula is C21H23N5O2. The van der Waals surface area contributed by atoms with Crippen LogP contribution in [0.1, 0.15) is 21.6 Å². The predicted molar refractivity (Wildman–Crippen MR) is 108 cm³/mol. The van der Waals surface area contributed by atoms with Crippen molar-refractivity contribution in [1.82, 2.24) is 14.8 Å². The van der Waals surface area contributed by atoms with E-state index in [9.17, 15) is 4.79 Å². The van der Waals surface area contributed by atoms with Gasteiger partial charge in [0.1, 0.15) is 11.6 Å². The largest absolute Gasteiger partial charge is 0.378 e. The van der Waals surface area contributed by atoms with Crippen molar-refractivity contribution in [3.63, 3.8) is 0 Å². The molecule has 1 N–H and O–H groups in total. The molecule has 0 saturated carbocycles. The van der Waals surface area contributed by atoms with Crippen molar-refractivity contribution in [3.8, 4) is 5.69 Å². The normalized spacial score (nSPS) is 14.1. The van der Waals surface area contributed by atoms with E-state index in [0.717, 1.165) is 24.5 Å². The molecule has 4 rings (SSSR count). The van der Waals surface area contributed by atoms with Gasteiger partial charge in [-0.3, -0.25) is 4.79 Å². The molecule has 0 unspecified atom stereocenters. The zero-order valence-corrected chi connectivity index (χ0v) is 16.1. The lowest BCUT2D eigenvalue weighted by Gasteiger charge is -2.29. The highest BCUT2D eigenvalue weighted by Crippen LogP contribution is 2.22. The fourth-order valence-corrected chi connectivity index (χ4v) is 3.26. The number of amides is 1. The van der Waals surface area contributed by atoms with Crippen molar-refractivity contribution in [2.24, 2.45) is 0 Å². The monoisotopic (exact) mass is 377 g/mol. The maximum Gasteiger partial charge on any atom is 0.260 e. The van der Waals surface area contributed by atoms with Crippen LogP contribution in [0.15, 0.2) is 48.7 Å². The molecule has 0 bridgehead atoms. The maximum atomic E-state index is 13.1. The Hall–Kier alpha value is -3.19. The highest BCUT2D eigenvalue weighted by Gasteiger charge is 2.21. The average Bonchev–Trinajstić information content (AvgIpc) is 3.09. The van der Waals surface area contributed by atoms with Crippen LogP contribution in [0.5, 0.6) is 0 Å². The summed E-state index contributed by atoms with van der Waals surface area (Å²) in [6, 6.07) is 13.5. The van der Waals surface area contributed by atoms with Gasteiger partial charge in [-0.15, -0.1) is 0 Å². The summed E-state index contributed by atoms with van der Waals surface area (Å²) in [5.41, 5.74) is 3.44. The molecule has 0 atom stereocenters. The van der Waals surface area contributed by atoms with Gasteiger partial charge < -0.3 is 15.0 Å². The number of ether oxygens (including phenoxy) is 1. The van der Waals surface area contributed by atoms with Gasteiger partial charge in [-0.1, -0.05) is 17.7 Å². The van der Waals surface area contributed by atoms with Crippen molar-refractivity contribution >= 4 is 17.5 Å². The summed E-state index contributed by atoms with van der Waals surface area (Å²) >= 11 is 0. The Bertz CT molecular complexity index is 975. The van der Waals surface area contributed by atoms with Crippen LogP contribution in [0, 0.1) is 13.8 Å². The quantitative estimate of drug-likeness (QED) is 0.757. The van der Waals surface area contributed by atoms with Crippen LogP contribution in [0.25, 0.3) is 5.69 Å². The number of hydrogen-bond donors (Lipinski definition) is 1. The lowest BCUT2D eigenvalue weighted by molar-refractivity contribution is 0.102. The first-order valence-corrected chi connectivity index (χ1v) is 9.34. The summed E-state index contributed by atoms with van der Waals surface area (Å²) in [5.74, 6) is 1.10. The van der Waals surface area contributed by atoms with Crippen LogP contribution in [-0.2, 0) is 4.74 Å². The van der Waals surface area contributed by atoms with E-state index in [0.29, 0.717) is 30.4 Å². The average molecular weight is 377 g/mol. The summed E-state index contributed by atoms with van der Waals surface area (Å²) in [7, 11) is 0. The SMILES string of the molecule is Cc1ccc(-n2nc(C)cc2NC(=O)c2cccnc2N2CCOCC2)cc1. The molecule has 1 saturated heterocycles. The van der Waals surface area contributed by atoms with Crippen molar-refractivity contribution in [1.29, 1.82) is 0 Å². The minimum Gasteiger partial charge on any atom is -0.378 e. The Morgan fingerprint density at radius 2 is 1.86 bits per heavy atom. The number of aryl methyl sites for hydroxylation is 2. The Morgan fingerprint density at radius 3 is 2.61 bits per heavy atom. The molecule has 28 heavy (non-hydrogen) atoms. The molecule has 1 aliphatic rings. The van der Waals surface area contributed by atoms with Crippen LogP contribution in [0.2, 0.25) is 0 Å². The zero-order valence-electron chi connectivity index (χ0n) is 16.1. The second-order valence-corrected chi connectivity index (χ2v) is 6.85. The first-order chi connectivity index (χ1) is 13.6. The molecular weight excluding hydrogens is 354 g/mol. The van der Waals surface area contributed by atoms with Crippen molar-refractivity contribution in [3.05, 3.63) is 65.5 Å². The van der Waals surface area contributed by atoms with E-state index in [1.807, 2.05) is 44.2 Å². The zero-order chi connectivity index (χ0) is 19.5. The van der Waals surface area contributed by atoms with Gasteiger partial charge >= 0.3 is 0 Å². The molecule has 7 nitrogen and oxygen atoms in total. The number of morpholine rings is 1. The Balaban J connectivity index is 1.62. The third-order valence-electron chi connectivity index (χ3n) is 4.69. The highest BCUT2D eigenvalue weighted by atomic mass is 16.5. The number of benzene rings is 1. The van der Waals surface area contributed by atoms with Gasteiger partial charge in [-0.25, -0.2) is 9.67 Å². The highest BCUT2D eigenvalue weighted by molar-refractivity contribution is 6.07. The number of rotatable bonds is 4. The minimum absolute atomic E-state index is 0.206. The van der Waals surface area contributed by atoms with E-state index in [2.05, 4.69) is 20.3 Å². The predicted octanol–water partition coefficient (Wildman–Crippen LogP) is 2.97. The fraction of sp³-hybridized carbons (Fsp3) is 0.286. The van der Waals surface area contributed by atoms with Crippen LogP contribution in [0.3, 0.4) is 0 Å².